The Morgan fingerprint density at radius 3 is 2.15 bits per heavy atom. The second-order valence-corrected chi connectivity index (χ2v) is 7.80. The van der Waals surface area contributed by atoms with E-state index in [-0.39, 0.29) is 35.9 Å². The number of hydrogen-bond acceptors (Lipinski definition) is 6. The molecular weight excluding hydrogens is 426 g/mol. The number of nitro groups is 1. The van der Waals surface area contributed by atoms with Crippen LogP contribution in [-0.2, 0) is 9.47 Å². The zero-order valence-corrected chi connectivity index (χ0v) is 17.8. The molecule has 0 heterocycles. The number of carbonyl (C=O) groups excluding carboxylic acids is 1. The molecule has 0 fully saturated rings. The van der Waals surface area contributed by atoms with Gasteiger partial charge in [-0.05, 0) is 28.3 Å². The van der Waals surface area contributed by atoms with Gasteiger partial charge < -0.3 is 14.6 Å². The highest BCUT2D eigenvalue weighted by Gasteiger charge is 2.30. The molecule has 8 nitrogen and oxygen atoms in total. The Morgan fingerprint density at radius 2 is 1.58 bits per heavy atom. The zero-order valence-electron chi connectivity index (χ0n) is 17.8. The van der Waals surface area contributed by atoms with E-state index in [0.29, 0.717) is 0 Å². The van der Waals surface area contributed by atoms with Gasteiger partial charge in [-0.2, -0.15) is 0 Å². The van der Waals surface area contributed by atoms with E-state index in [1.807, 2.05) is 48.5 Å². The maximum atomic E-state index is 12.3. The smallest absolute Gasteiger partial charge is 0.478 e. The molecule has 1 unspecified atom stereocenters. The lowest BCUT2D eigenvalue weighted by Gasteiger charge is -2.17. The van der Waals surface area contributed by atoms with Gasteiger partial charge in [-0.25, -0.2) is 9.59 Å². The molecule has 0 saturated carbocycles. The lowest BCUT2D eigenvalue weighted by Crippen LogP contribution is -2.18. The predicted molar refractivity (Wildman–Crippen MR) is 119 cm³/mol. The SMILES string of the molecule is CC(COC(=O)OCC1c2ccccc2-c2ccccc21)c1c(C(=O)O)cccc1[N+](=O)[O-]. The van der Waals surface area contributed by atoms with Crippen molar-refractivity contribution in [2.75, 3.05) is 13.2 Å². The Labute approximate surface area is 189 Å². The lowest BCUT2D eigenvalue weighted by atomic mass is 9.94. The molecule has 3 aromatic rings. The van der Waals surface area contributed by atoms with Crippen LogP contribution < -0.4 is 0 Å². The van der Waals surface area contributed by atoms with E-state index in [0.717, 1.165) is 22.3 Å². The molecule has 1 atom stereocenters. The van der Waals surface area contributed by atoms with Crippen molar-refractivity contribution in [1.82, 2.24) is 0 Å². The number of aromatic carboxylic acids is 1. The molecule has 0 spiro atoms. The fourth-order valence-corrected chi connectivity index (χ4v) is 4.33. The fraction of sp³-hybridized carbons (Fsp3) is 0.200. The van der Waals surface area contributed by atoms with Crippen molar-refractivity contribution >= 4 is 17.8 Å². The monoisotopic (exact) mass is 447 g/mol. The minimum atomic E-state index is -1.29. The van der Waals surface area contributed by atoms with E-state index in [9.17, 15) is 24.8 Å². The first kappa shape index (κ1) is 22.0. The number of nitro benzene ring substituents is 1. The summed E-state index contributed by atoms with van der Waals surface area (Å²) >= 11 is 0. The number of hydrogen-bond donors (Lipinski definition) is 1. The van der Waals surface area contributed by atoms with Gasteiger partial charge >= 0.3 is 12.1 Å². The number of rotatable bonds is 7. The summed E-state index contributed by atoms with van der Waals surface area (Å²) in [5.41, 5.74) is 3.78. The van der Waals surface area contributed by atoms with E-state index in [1.54, 1.807) is 6.92 Å². The summed E-state index contributed by atoms with van der Waals surface area (Å²) in [5, 5.41) is 20.8. The maximum absolute atomic E-state index is 12.3. The molecule has 1 N–H and O–H groups in total. The number of carbonyl (C=O) groups is 2. The van der Waals surface area contributed by atoms with E-state index in [2.05, 4.69) is 0 Å². The van der Waals surface area contributed by atoms with Crippen LogP contribution >= 0.6 is 0 Å². The topological polar surface area (TPSA) is 116 Å². The van der Waals surface area contributed by atoms with E-state index in [1.165, 1.54) is 18.2 Å². The molecular formula is C25H21NO7. The number of ether oxygens (including phenoxy) is 2. The quantitative estimate of drug-likeness (QED) is 0.294. The summed E-state index contributed by atoms with van der Waals surface area (Å²) < 4.78 is 10.6. The van der Waals surface area contributed by atoms with Crippen LogP contribution in [0.15, 0.2) is 66.7 Å². The van der Waals surface area contributed by atoms with Gasteiger partial charge in [0.25, 0.3) is 5.69 Å². The van der Waals surface area contributed by atoms with Gasteiger partial charge in [0, 0.05) is 17.9 Å². The van der Waals surface area contributed by atoms with Gasteiger partial charge in [-0.3, -0.25) is 10.1 Å². The Hall–Kier alpha value is -4.20. The Morgan fingerprint density at radius 1 is 0.970 bits per heavy atom. The highest BCUT2D eigenvalue weighted by Crippen LogP contribution is 2.44. The molecule has 0 bridgehead atoms. The Kier molecular flexibility index (Phi) is 6.08. The Bertz CT molecular complexity index is 1160. The van der Waals surface area contributed by atoms with E-state index < -0.39 is 23.0 Å². The van der Waals surface area contributed by atoms with Crippen molar-refractivity contribution in [3.05, 3.63) is 99.1 Å². The average molecular weight is 447 g/mol. The standard InChI is InChI=1S/C25H21NO7/c1-15(23-20(24(27)28)11-6-12-22(23)26(30)31)13-32-25(29)33-14-21-18-9-4-2-7-16(18)17-8-3-5-10-19(17)21/h2-12,15,21H,13-14H2,1H3,(H,27,28). The van der Waals surface area contributed by atoms with Crippen LogP contribution in [0.4, 0.5) is 10.5 Å². The van der Waals surface area contributed by atoms with Crippen molar-refractivity contribution in [3.63, 3.8) is 0 Å². The van der Waals surface area contributed by atoms with Crippen molar-refractivity contribution in [2.24, 2.45) is 0 Å². The molecule has 0 aliphatic heterocycles. The van der Waals surface area contributed by atoms with Crippen molar-refractivity contribution in [3.8, 4) is 11.1 Å². The Balaban J connectivity index is 1.43. The molecule has 1 aliphatic rings. The summed E-state index contributed by atoms with van der Waals surface area (Å²) in [6.45, 7) is 1.38. The summed E-state index contributed by atoms with van der Waals surface area (Å²) in [5.74, 6) is -2.14. The normalized spacial score (nSPS) is 13.0. The number of fused-ring (bicyclic) bond motifs is 3. The third-order valence-corrected chi connectivity index (χ3v) is 5.78. The predicted octanol–water partition coefficient (Wildman–Crippen LogP) is 5.36. The lowest BCUT2D eigenvalue weighted by molar-refractivity contribution is -0.385. The summed E-state index contributed by atoms with van der Waals surface area (Å²) in [7, 11) is 0. The van der Waals surface area contributed by atoms with Crippen LogP contribution in [0.25, 0.3) is 11.1 Å². The first-order chi connectivity index (χ1) is 15.9. The van der Waals surface area contributed by atoms with Gasteiger partial charge in [0.05, 0.1) is 16.1 Å². The van der Waals surface area contributed by atoms with Gasteiger partial charge in [0.15, 0.2) is 0 Å². The second-order valence-electron chi connectivity index (χ2n) is 7.80. The summed E-state index contributed by atoms with van der Waals surface area (Å²) in [6, 6.07) is 19.7. The van der Waals surface area contributed by atoms with E-state index >= 15 is 0 Å². The second kappa shape index (κ2) is 9.12. The van der Waals surface area contributed by atoms with Crippen LogP contribution in [-0.4, -0.2) is 35.4 Å². The molecule has 168 valence electrons. The molecule has 33 heavy (non-hydrogen) atoms. The van der Waals surface area contributed by atoms with Gasteiger partial charge in [-0.1, -0.05) is 61.5 Å². The molecule has 0 radical (unpaired) electrons. The third-order valence-electron chi connectivity index (χ3n) is 5.78. The van der Waals surface area contributed by atoms with E-state index in [4.69, 9.17) is 9.47 Å². The van der Waals surface area contributed by atoms with Crippen molar-refractivity contribution in [1.29, 1.82) is 0 Å². The fourth-order valence-electron chi connectivity index (χ4n) is 4.33. The molecule has 0 amide bonds. The molecule has 8 heteroatoms. The summed E-state index contributed by atoms with van der Waals surface area (Å²) in [6.07, 6.45) is -0.917. The number of nitrogens with zero attached hydrogens (tertiary/aromatic N) is 1. The number of benzene rings is 3. The first-order valence-electron chi connectivity index (χ1n) is 10.4. The molecule has 3 aromatic carbocycles. The van der Waals surface area contributed by atoms with Crippen LogP contribution in [0.2, 0.25) is 0 Å². The highest BCUT2D eigenvalue weighted by molar-refractivity contribution is 5.91. The van der Waals surface area contributed by atoms with Gasteiger partial charge in [0.1, 0.15) is 13.2 Å². The van der Waals surface area contributed by atoms with Crippen molar-refractivity contribution < 1.29 is 29.1 Å². The molecule has 1 aliphatic carbocycles. The van der Waals surface area contributed by atoms with Gasteiger partial charge in [-0.15, -0.1) is 0 Å². The maximum Gasteiger partial charge on any atom is 0.508 e. The van der Waals surface area contributed by atoms with Crippen LogP contribution in [0.5, 0.6) is 0 Å². The number of carboxylic acids is 1. The third kappa shape index (κ3) is 4.27. The largest absolute Gasteiger partial charge is 0.508 e. The van der Waals surface area contributed by atoms with Gasteiger partial charge in [0.2, 0.25) is 0 Å². The average Bonchev–Trinajstić information content (AvgIpc) is 3.14. The minimum Gasteiger partial charge on any atom is -0.478 e. The molecule has 4 rings (SSSR count). The highest BCUT2D eigenvalue weighted by atomic mass is 16.7. The first-order valence-corrected chi connectivity index (χ1v) is 10.4. The van der Waals surface area contributed by atoms with Crippen molar-refractivity contribution in [2.45, 2.75) is 18.8 Å². The van der Waals surface area contributed by atoms with Crippen LogP contribution in [0, 0.1) is 10.1 Å². The summed E-state index contributed by atoms with van der Waals surface area (Å²) in [4.78, 5) is 34.6. The zero-order chi connectivity index (χ0) is 23.5. The molecule has 0 aromatic heterocycles. The minimum absolute atomic E-state index is 0.00134. The van der Waals surface area contributed by atoms with Crippen LogP contribution in [0.3, 0.4) is 0 Å². The van der Waals surface area contributed by atoms with Crippen LogP contribution in [0.1, 0.15) is 45.8 Å². The number of carboxylic acid groups (broad SMARTS) is 1. The molecule has 0 saturated heterocycles.